The summed E-state index contributed by atoms with van der Waals surface area (Å²) in [5, 5.41) is 31.4. The topological polar surface area (TPSA) is 239 Å². The van der Waals surface area contributed by atoms with Gasteiger partial charge in [0, 0.05) is 30.6 Å². The summed E-state index contributed by atoms with van der Waals surface area (Å²) in [4.78, 5) is 21.3. The SMILES string of the molecule is CNc1ccc(NNc2cc(Nc3ccc([N+](=O)[O-])cc3S(=O)(=O)O)ccc2SOOO)c(NC(N)=O)c1. The van der Waals surface area contributed by atoms with Crippen LogP contribution in [0, 0.1) is 10.1 Å². The summed E-state index contributed by atoms with van der Waals surface area (Å²) < 4.78 is 37.8. The van der Waals surface area contributed by atoms with Crippen LogP contribution < -0.4 is 32.5 Å². The van der Waals surface area contributed by atoms with Crippen LogP contribution >= 0.6 is 12.0 Å². The maximum atomic E-state index is 11.8. The van der Waals surface area contributed by atoms with E-state index in [4.69, 9.17) is 11.0 Å². The van der Waals surface area contributed by atoms with Gasteiger partial charge in [-0.3, -0.25) is 25.5 Å². The van der Waals surface area contributed by atoms with Crippen LogP contribution in [0.5, 0.6) is 0 Å². The number of nitrogens with zero attached hydrogens (tertiary/aromatic N) is 1. The highest BCUT2D eigenvalue weighted by Gasteiger charge is 2.21. The van der Waals surface area contributed by atoms with Crippen LogP contribution in [0.2, 0.25) is 0 Å². The van der Waals surface area contributed by atoms with E-state index in [1.165, 1.54) is 18.2 Å². The van der Waals surface area contributed by atoms with Crippen molar-refractivity contribution in [3.05, 3.63) is 64.7 Å². The van der Waals surface area contributed by atoms with Gasteiger partial charge in [-0.25, -0.2) is 10.1 Å². The molecule has 18 heteroatoms. The number of hydrazine groups is 1. The van der Waals surface area contributed by atoms with E-state index in [0.717, 1.165) is 18.2 Å². The Bertz CT molecular complexity index is 1450. The van der Waals surface area contributed by atoms with E-state index in [1.54, 1.807) is 25.2 Å². The lowest BCUT2D eigenvalue weighted by Gasteiger charge is -2.18. The van der Waals surface area contributed by atoms with Gasteiger partial charge in [0.25, 0.3) is 15.8 Å². The van der Waals surface area contributed by atoms with Crippen LogP contribution in [0.25, 0.3) is 0 Å². The number of carbonyl (C=O) groups excluding carboxylic acids is 1. The predicted molar refractivity (Wildman–Crippen MR) is 140 cm³/mol. The van der Waals surface area contributed by atoms with Crippen LogP contribution in [-0.2, 0) is 19.5 Å². The molecule has 3 aromatic carbocycles. The third-order valence-electron chi connectivity index (χ3n) is 4.76. The normalized spacial score (nSPS) is 10.9. The largest absolute Gasteiger partial charge is 0.388 e. The van der Waals surface area contributed by atoms with Crippen LogP contribution in [0.3, 0.4) is 0 Å². The Hall–Kier alpha value is -4.33. The molecule has 0 saturated heterocycles. The van der Waals surface area contributed by atoms with E-state index in [0.29, 0.717) is 39.7 Å². The monoisotopic (exact) mass is 567 g/mol. The third kappa shape index (κ3) is 7.35. The van der Waals surface area contributed by atoms with Crippen molar-refractivity contribution in [2.75, 3.05) is 33.8 Å². The highest BCUT2D eigenvalue weighted by Crippen LogP contribution is 2.35. The molecule has 0 aromatic heterocycles. The Morgan fingerprint density at radius 1 is 1.00 bits per heavy atom. The van der Waals surface area contributed by atoms with E-state index in [-0.39, 0.29) is 11.4 Å². The number of urea groups is 1. The standard InChI is InChI=1S/C20H21N7O9S2/c1-22-11-2-5-14(16(8-11)24-20(21)28)25-26-17-9-12(3-7-18(17)37-36-35-31)23-15-6-4-13(27(29)30)10-19(15)38(32,33)34/h2-10,22-23,25-26,31H,1H3,(H3,21,24,28)(H,32,33,34). The van der Waals surface area contributed by atoms with E-state index >= 15 is 0 Å². The summed E-state index contributed by atoms with van der Waals surface area (Å²) in [6, 6.07) is 11.6. The molecule has 38 heavy (non-hydrogen) atoms. The molecule has 0 radical (unpaired) electrons. The van der Waals surface area contributed by atoms with Gasteiger partial charge in [-0.1, -0.05) is 5.04 Å². The van der Waals surface area contributed by atoms with E-state index in [9.17, 15) is 27.9 Å². The van der Waals surface area contributed by atoms with Gasteiger partial charge >= 0.3 is 6.03 Å². The van der Waals surface area contributed by atoms with Crippen molar-refractivity contribution in [3.8, 4) is 0 Å². The molecule has 0 heterocycles. The molecular formula is C20H21N7O9S2. The molecule has 0 atom stereocenters. The molecule has 0 spiro atoms. The molecule has 0 fully saturated rings. The molecule has 2 amide bonds. The Morgan fingerprint density at radius 2 is 1.66 bits per heavy atom. The molecule has 0 aliphatic rings. The molecular weight excluding hydrogens is 546 g/mol. The summed E-state index contributed by atoms with van der Waals surface area (Å²) in [7, 11) is -3.13. The number of hydrogen-bond donors (Lipinski definition) is 8. The summed E-state index contributed by atoms with van der Waals surface area (Å²) >= 11 is 0.618. The lowest BCUT2D eigenvalue weighted by molar-refractivity contribution is -0.432. The molecule has 16 nitrogen and oxygen atoms in total. The van der Waals surface area contributed by atoms with Gasteiger partial charge in [-0.05, 0) is 42.5 Å². The quantitative estimate of drug-likeness (QED) is 0.0507. The molecule has 0 bridgehead atoms. The minimum absolute atomic E-state index is 0.136. The highest BCUT2D eigenvalue weighted by molar-refractivity contribution is 7.94. The van der Waals surface area contributed by atoms with Crippen molar-refractivity contribution in [3.63, 3.8) is 0 Å². The predicted octanol–water partition coefficient (Wildman–Crippen LogP) is 3.98. The molecule has 0 aliphatic carbocycles. The van der Waals surface area contributed by atoms with Gasteiger partial charge in [-0.15, -0.1) is 4.33 Å². The smallest absolute Gasteiger partial charge is 0.316 e. The minimum Gasteiger partial charge on any atom is -0.388 e. The molecule has 0 saturated carbocycles. The Labute approximate surface area is 219 Å². The lowest BCUT2D eigenvalue weighted by Crippen LogP contribution is -2.21. The number of hydrogen-bond acceptors (Lipinski definition) is 13. The summed E-state index contributed by atoms with van der Waals surface area (Å²) in [5.41, 5.74) is 12.4. The fourth-order valence-corrected chi connectivity index (χ4v) is 4.20. The number of anilines is 6. The number of primary amides is 1. The minimum atomic E-state index is -4.82. The Kier molecular flexibility index (Phi) is 9.12. The average molecular weight is 568 g/mol. The summed E-state index contributed by atoms with van der Waals surface area (Å²) in [5.74, 6) is 0. The number of nitrogens with two attached hydrogens (primary N) is 1. The van der Waals surface area contributed by atoms with Gasteiger partial charge in [-0.2, -0.15) is 8.42 Å². The molecule has 3 rings (SSSR count). The zero-order chi connectivity index (χ0) is 27.9. The zero-order valence-electron chi connectivity index (χ0n) is 19.3. The van der Waals surface area contributed by atoms with Crippen molar-refractivity contribution in [2.45, 2.75) is 9.79 Å². The number of benzene rings is 3. The van der Waals surface area contributed by atoms with Crippen LogP contribution in [-0.4, -0.2) is 36.2 Å². The second-order valence-electron chi connectivity index (χ2n) is 7.22. The lowest BCUT2D eigenvalue weighted by atomic mass is 10.2. The maximum Gasteiger partial charge on any atom is 0.316 e. The van der Waals surface area contributed by atoms with Gasteiger partial charge in [0.15, 0.2) is 0 Å². The van der Waals surface area contributed by atoms with Crippen LogP contribution in [0.4, 0.5) is 44.6 Å². The summed E-state index contributed by atoms with van der Waals surface area (Å²) in [6.07, 6.45) is 0. The molecule has 0 aliphatic heterocycles. The van der Waals surface area contributed by atoms with Crippen molar-refractivity contribution in [2.24, 2.45) is 5.73 Å². The number of nitrogens with one attached hydrogen (secondary N) is 5. The van der Waals surface area contributed by atoms with Crippen molar-refractivity contribution >= 4 is 68.0 Å². The van der Waals surface area contributed by atoms with Crippen LogP contribution in [0.15, 0.2) is 64.4 Å². The average Bonchev–Trinajstić information content (AvgIpc) is 2.86. The number of amides is 2. The highest BCUT2D eigenvalue weighted by atomic mass is 32.2. The van der Waals surface area contributed by atoms with Crippen LogP contribution in [0.1, 0.15) is 0 Å². The van der Waals surface area contributed by atoms with Gasteiger partial charge in [0.05, 0.1) is 44.6 Å². The first kappa shape index (κ1) is 28.2. The third-order valence-corrected chi connectivity index (χ3v) is 6.32. The Balaban J connectivity index is 1.94. The fourth-order valence-electron chi connectivity index (χ4n) is 3.11. The van der Waals surface area contributed by atoms with Crippen molar-refractivity contribution in [1.29, 1.82) is 0 Å². The fraction of sp³-hybridized carbons (Fsp3) is 0.0500. The van der Waals surface area contributed by atoms with E-state index < -0.39 is 31.7 Å². The second kappa shape index (κ2) is 12.3. The van der Waals surface area contributed by atoms with Crippen molar-refractivity contribution < 1.29 is 37.3 Å². The van der Waals surface area contributed by atoms with Gasteiger partial charge in [0.1, 0.15) is 4.90 Å². The van der Waals surface area contributed by atoms with Gasteiger partial charge < -0.3 is 21.7 Å². The first-order chi connectivity index (χ1) is 18.0. The van der Waals surface area contributed by atoms with Crippen molar-refractivity contribution in [1.82, 2.24) is 0 Å². The summed E-state index contributed by atoms with van der Waals surface area (Å²) in [6.45, 7) is 0. The number of nitro benzene ring substituents is 1. The molecule has 202 valence electrons. The number of rotatable bonds is 12. The number of non-ortho nitro benzene ring substituents is 1. The second-order valence-corrected chi connectivity index (χ2v) is 9.36. The molecule has 3 aromatic rings. The number of carbonyl (C=O) groups is 1. The number of nitro groups is 1. The first-order valence-electron chi connectivity index (χ1n) is 10.2. The zero-order valence-corrected chi connectivity index (χ0v) is 20.9. The molecule has 9 N–H and O–H groups in total. The molecule has 0 unspecified atom stereocenters. The Morgan fingerprint density at radius 3 is 2.29 bits per heavy atom. The van der Waals surface area contributed by atoms with E-state index in [2.05, 4.69) is 36.2 Å². The first-order valence-corrected chi connectivity index (χ1v) is 12.4. The maximum absolute atomic E-state index is 11.8. The van der Waals surface area contributed by atoms with Gasteiger partial charge in [0.2, 0.25) is 0 Å². The van der Waals surface area contributed by atoms with E-state index in [1.807, 2.05) is 0 Å².